The van der Waals surface area contributed by atoms with Crippen LogP contribution in [0.3, 0.4) is 0 Å². The molecule has 1 aromatic heterocycles. The number of carbonyl (C=O) groups excluding carboxylic acids is 1. The van der Waals surface area contributed by atoms with Gasteiger partial charge in [0.25, 0.3) is 5.91 Å². The molecule has 106 valence electrons. The Morgan fingerprint density at radius 3 is 2.75 bits per heavy atom. The molecule has 0 bridgehead atoms. The van der Waals surface area contributed by atoms with Crippen molar-refractivity contribution < 1.29 is 13.6 Å². The summed E-state index contributed by atoms with van der Waals surface area (Å²) in [7, 11) is 0. The maximum atomic E-state index is 13.7. The van der Waals surface area contributed by atoms with Gasteiger partial charge in [0.05, 0.1) is 11.7 Å². The molecule has 0 aliphatic carbocycles. The molecule has 4 nitrogen and oxygen atoms in total. The van der Waals surface area contributed by atoms with Crippen molar-refractivity contribution in [3.63, 3.8) is 0 Å². The normalized spacial score (nSPS) is 12.2. The van der Waals surface area contributed by atoms with Gasteiger partial charge >= 0.3 is 0 Å². The lowest BCUT2D eigenvalue weighted by atomic mass is 10.1. The molecule has 0 aliphatic rings. The zero-order valence-corrected chi connectivity index (χ0v) is 11.7. The van der Waals surface area contributed by atoms with E-state index >= 15 is 0 Å². The van der Waals surface area contributed by atoms with Crippen LogP contribution in [0.5, 0.6) is 0 Å². The molecule has 1 aromatic carbocycles. The van der Waals surface area contributed by atoms with E-state index in [9.17, 15) is 13.6 Å². The first-order valence-electron chi connectivity index (χ1n) is 5.86. The molecule has 7 heteroatoms. The Kier molecular flexibility index (Phi) is 3.99. The summed E-state index contributed by atoms with van der Waals surface area (Å²) in [4.78, 5) is 16.2. The molecule has 0 saturated heterocycles. The van der Waals surface area contributed by atoms with Gasteiger partial charge in [0.15, 0.2) is 5.82 Å². The maximum absolute atomic E-state index is 13.7. The first-order valence-corrected chi connectivity index (χ1v) is 6.74. The molecule has 0 fully saturated rings. The number of rotatable bonds is 3. The maximum Gasteiger partial charge on any atom is 0.257 e. The van der Waals surface area contributed by atoms with Gasteiger partial charge in [-0.25, -0.2) is 13.8 Å². The van der Waals surface area contributed by atoms with Gasteiger partial charge in [0, 0.05) is 11.1 Å². The van der Waals surface area contributed by atoms with Crippen molar-refractivity contribution in [2.75, 3.05) is 5.73 Å². The third-order valence-electron chi connectivity index (χ3n) is 2.70. The molecule has 20 heavy (non-hydrogen) atoms. The molecule has 1 atom stereocenters. The molecule has 0 saturated carbocycles. The summed E-state index contributed by atoms with van der Waals surface area (Å²) < 4.78 is 27.3. The van der Waals surface area contributed by atoms with E-state index < -0.39 is 29.1 Å². The summed E-state index contributed by atoms with van der Waals surface area (Å²) in [5, 5.41) is 5.01. The Morgan fingerprint density at radius 1 is 1.45 bits per heavy atom. The number of aryl methyl sites for hydroxylation is 1. The van der Waals surface area contributed by atoms with Crippen LogP contribution >= 0.6 is 11.3 Å². The fourth-order valence-electron chi connectivity index (χ4n) is 1.68. The van der Waals surface area contributed by atoms with Crippen LogP contribution in [-0.4, -0.2) is 10.9 Å². The second-order valence-corrected chi connectivity index (χ2v) is 5.24. The number of hydrogen-bond acceptors (Lipinski definition) is 4. The van der Waals surface area contributed by atoms with Gasteiger partial charge in [-0.05, 0) is 26.0 Å². The van der Waals surface area contributed by atoms with Gasteiger partial charge in [-0.1, -0.05) is 0 Å². The highest BCUT2D eigenvalue weighted by atomic mass is 32.1. The molecule has 0 aliphatic heterocycles. The Labute approximate surface area is 118 Å². The van der Waals surface area contributed by atoms with E-state index in [2.05, 4.69) is 10.3 Å². The number of hydrogen-bond donors (Lipinski definition) is 2. The predicted molar refractivity (Wildman–Crippen MR) is 73.5 cm³/mol. The van der Waals surface area contributed by atoms with Gasteiger partial charge < -0.3 is 11.1 Å². The SMILES string of the molecule is Cc1csc(C(C)NC(=O)c2c(F)ccc(N)c2F)n1. The van der Waals surface area contributed by atoms with Crippen LogP contribution in [-0.2, 0) is 0 Å². The van der Waals surface area contributed by atoms with E-state index in [4.69, 9.17) is 5.73 Å². The van der Waals surface area contributed by atoms with Crippen LogP contribution in [0.4, 0.5) is 14.5 Å². The molecule has 2 aromatic rings. The minimum atomic E-state index is -1.05. The average Bonchev–Trinajstić information content (AvgIpc) is 2.81. The second-order valence-electron chi connectivity index (χ2n) is 4.35. The molecule has 2 rings (SSSR count). The highest BCUT2D eigenvalue weighted by Gasteiger charge is 2.22. The molecular weight excluding hydrogens is 284 g/mol. The fourth-order valence-corrected chi connectivity index (χ4v) is 2.48. The van der Waals surface area contributed by atoms with E-state index in [1.165, 1.54) is 11.3 Å². The number of aromatic nitrogens is 1. The summed E-state index contributed by atoms with van der Waals surface area (Å²) in [5.41, 5.74) is 5.22. The number of nitrogens with two attached hydrogens (primary N) is 1. The van der Waals surface area contributed by atoms with Gasteiger partial charge in [-0.15, -0.1) is 11.3 Å². The van der Waals surface area contributed by atoms with Gasteiger partial charge in [-0.2, -0.15) is 0 Å². The minimum absolute atomic E-state index is 0.269. The second kappa shape index (κ2) is 5.54. The zero-order valence-electron chi connectivity index (χ0n) is 10.9. The number of nitrogen functional groups attached to an aromatic ring is 1. The Hall–Kier alpha value is -2.02. The summed E-state index contributed by atoms with van der Waals surface area (Å²) in [6.07, 6.45) is 0. The molecule has 1 heterocycles. The molecule has 0 spiro atoms. The number of anilines is 1. The highest BCUT2D eigenvalue weighted by molar-refractivity contribution is 7.09. The lowest BCUT2D eigenvalue weighted by molar-refractivity contribution is 0.0931. The summed E-state index contributed by atoms with van der Waals surface area (Å²) in [6, 6.07) is 1.60. The van der Waals surface area contributed by atoms with Crippen LogP contribution in [0.25, 0.3) is 0 Å². The average molecular weight is 297 g/mol. The van der Waals surface area contributed by atoms with Crippen LogP contribution in [0.2, 0.25) is 0 Å². The third-order valence-corrected chi connectivity index (χ3v) is 3.85. The molecule has 1 amide bonds. The first-order chi connectivity index (χ1) is 9.40. The zero-order chi connectivity index (χ0) is 14.9. The summed E-state index contributed by atoms with van der Waals surface area (Å²) in [5.74, 6) is -2.85. The van der Waals surface area contributed by atoms with E-state index in [0.717, 1.165) is 17.8 Å². The van der Waals surface area contributed by atoms with Crippen LogP contribution < -0.4 is 11.1 Å². The number of halogens is 2. The van der Waals surface area contributed by atoms with Crippen molar-refractivity contribution in [3.8, 4) is 0 Å². The van der Waals surface area contributed by atoms with Crippen LogP contribution in [0.1, 0.15) is 34.0 Å². The smallest absolute Gasteiger partial charge is 0.257 e. The number of amides is 1. The van der Waals surface area contributed by atoms with E-state index in [1.54, 1.807) is 6.92 Å². The molecule has 3 N–H and O–H groups in total. The number of carbonyl (C=O) groups is 1. The molecule has 1 unspecified atom stereocenters. The lowest BCUT2D eigenvalue weighted by Crippen LogP contribution is -2.28. The monoisotopic (exact) mass is 297 g/mol. The van der Waals surface area contributed by atoms with Crippen molar-refractivity contribution in [3.05, 3.63) is 45.4 Å². The van der Waals surface area contributed by atoms with Crippen molar-refractivity contribution >= 4 is 22.9 Å². The Bertz CT molecular complexity index is 657. The van der Waals surface area contributed by atoms with Gasteiger partial charge in [0.1, 0.15) is 16.4 Å². The van der Waals surface area contributed by atoms with Gasteiger partial charge in [0.2, 0.25) is 0 Å². The lowest BCUT2D eigenvalue weighted by Gasteiger charge is -2.12. The van der Waals surface area contributed by atoms with Crippen LogP contribution in [0.15, 0.2) is 17.5 Å². The fraction of sp³-hybridized carbons (Fsp3) is 0.231. The Morgan fingerprint density at radius 2 is 2.15 bits per heavy atom. The number of benzene rings is 1. The van der Waals surface area contributed by atoms with Crippen molar-refractivity contribution in [1.82, 2.24) is 10.3 Å². The standard InChI is InChI=1S/C13H13F2N3OS/c1-6-5-20-13(17-6)7(2)18-12(19)10-8(14)3-4-9(16)11(10)15/h3-5,7H,16H2,1-2H3,(H,18,19). The Balaban J connectivity index is 2.23. The quantitative estimate of drug-likeness (QED) is 0.856. The topological polar surface area (TPSA) is 68.0 Å². The van der Waals surface area contributed by atoms with Crippen molar-refractivity contribution in [1.29, 1.82) is 0 Å². The summed E-state index contributed by atoms with van der Waals surface area (Å²) in [6.45, 7) is 3.52. The molecular formula is C13H13F2N3OS. The van der Waals surface area contributed by atoms with Crippen molar-refractivity contribution in [2.45, 2.75) is 19.9 Å². The number of nitrogens with zero attached hydrogens (tertiary/aromatic N) is 1. The van der Waals surface area contributed by atoms with E-state index in [1.807, 2.05) is 12.3 Å². The van der Waals surface area contributed by atoms with Crippen LogP contribution in [0, 0.1) is 18.6 Å². The first kappa shape index (κ1) is 14.4. The predicted octanol–water partition coefficient (Wildman–Crippen LogP) is 2.80. The highest BCUT2D eigenvalue weighted by Crippen LogP contribution is 2.21. The minimum Gasteiger partial charge on any atom is -0.396 e. The third kappa shape index (κ3) is 2.77. The van der Waals surface area contributed by atoms with Gasteiger partial charge in [-0.3, -0.25) is 4.79 Å². The van der Waals surface area contributed by atoms with Crippen molar-refractivity contribution in [2.24, 2.45) is 0 Å². The largest absolute Gasteiger partial charge is 0.396 e. The summed E-state index contributed by atoms with van der Waals surface area (Å²) >= 11 is 1.37. The van der Waals surface area contributed by atoms with E-state index in [0.29, 0.717) is 5.01 Å². The van der Waals surface area contributed by atoms with E-state index in [-0.39, 0.29) is 5.69 Å². The molecule has 0 radical (unpaired) electrons. The number of thiazole rings is 1. The number of nitrogens with one attached hydrogen (secondary N) is 1.